The maximum Gasteiger partial charge on any atom is 0.282 e. The Kier molecular flexibility index (Phi) is 6.65. The number of para-hydroxylation sites is 1. The fourth-order valence-corrected chi connectivity index (χ4v) is 2.59. The van der Waals surface area contributed by atoms with E-state index in [9.17, 15) is 24.8 Å². The van der Waals surface area contributed by atoms with Crippen LogP contribution in [0.1, 0.15) is 22.8 Å². The summed E-state index contributed by atoms with van der Waals surface area (Å²) < 4.78 is 0. The van der Waals surface area contributed by atoms with Crippen molar-refractivity contribution >= 4 is 17.5 Å². The molecule has 2 aromatic rings. The summed E-state index contributed by atoms with van der Waals surface area (Å²) >= 11 is 0. The van der Waals surface area contributed by atoms with Gasteiger partial charge in [0.2, 0.25) is 0 Å². The second-order valence-corrected chi connectivity index (χ2v) is 5.85. The van der Waals surface area contributed by atoms with Crippen LogP contribution in [0.4, 0.5) is 5.69 Å². The Morgan fingerprint density at radius 3 is 2.46 bits per heavy atom. The largest absolute Gasteiger partial charge is 0.508 e. The molecule has 28 heavy (non-hydrogen) atoms. The highest BCUT2D eigenvalue weighted by Gasteiger charge is 2.28. The van der Waals surface area contributed by atoms with Gasteiger partial charge in [-0.3, -0.25) is 19.7 Å². The highest BCUT2D eigenvalue weighted by atomic mass is 16.6. The van der Waals surface area contributed by atoms with Crippen molar-refractivity contribution in [1.29, 1.82) is 5.26 Å². The van der Waals surface area contributed by atoms with Gasteiger partial charge in [-0.05, 0) is 30.7 Å². The van der Waals surface area contributed by atoms with Gasteiger partial charge in [0.25, 0.3) is 17.5 Å². The van der Waals surface area contributed by atoms with Crippen LogP contribution in [0.25, 0.3) is 0 Å². The van der Waals surface area contributed by atoms with Crippen molar-refractivity contribution in [2.24, 2.45) is 0 Å². The van der Waals surface area contributed by atoms with Crippen molar-refractivity contribution in [3.05, 3.63) is 69.8 Å². The molecule has 144 valence electrons. The summed E-state index contributed by atoms with van der Waals surface area (Å²) in [6.45, 7) is 1.73. The Morgan fingerprint density at radius 2 is 1.89 bits per heavy atom. The molecule has 0 saturated carbocycles. The Morgan fingerprint density at radius 1 is 1.25 bits per heavy atom. The number of nitro groups is 1. The zero-order chi connectivity index (χ0) is 20.7. The Balaban J connectivity index is 2.32. The van der Waals surface area contributed by atoms with Crippen molar-refractivity contribution < 1.29 is 19.6 Å². The normalized spacial score (nSPS) is 11.1. The number of benzene rings is 2. The van der Waals surface area contributed by atoms with Crippen molar-refractivity contribution in [2.45, 2.75) is 19.4 Å². The lowest BCUT2D eigenvalue weighted by molar-refractivity contribution is -0.385. The lowest BCUT2D eigenvalue weighted by Gasteiger charge is -2.22. The predicted molar refractivity (Wildman–Crippen MR) is 99.2 cm³/mol. The van der Waals surface area contributed by atoms with E-state index in [1.807, 2.05) is 0 Å². The van der Waals surface area contributed by atoms with Gasteiger partial charge >= 0.3 is 0 Å². The van der Waals surface area contributed by atoms with E-state index in [0.717, 1.165) is 4.90 Å². The number of hydrogen-bond acceptors (Lipinski definition) is 6. The van der Waals surface area contributed by atoms with Gasteiger partial charge in [0, 0.05) is 19.0 Å². The van der Waals surface area contributed by atoms with Crippen LogP contribution in [0, 0.1) is 21.6 Å². The molecule has 2 N–H and O–H groups in total. The van der Waals surface area contributed by atoms with Crippen LogP contribution in [0.2, 0.25) is 0 Å². The summed E-state index contributed by atoms with van der Waals surface area (Å²) in [6.07, 6.45) is 1.80. The predicted octanol–water partition coefficient (Wildman–Crippen LogP) is 1.97. The zero-order valence-electron chi connectivity index (χ0n) is 15.0. The van der Waals surface area contributed by atoms with Crippen LogP contribution in [0.3, 0.4) is 0 Å². The number of phenolic OH excluding ortho intramolecular Hbond substituents is 1. The molecule has 0 aliphatic carbocycles. The molecule has 0 fully saturated rings. The third-order valence-electron chi connectivity index (χ3n) is 4.03. The SMILES string of the molecule is CCN(C#N)C(=O)C(Cc1ccc(O)cc1)NC(=O)c1ccccc1[N+](=O)[O-]. The van der Waals surface area contributed by atoms with Gasteiger partial charge in [0.05, 0.1) is 4.92 Å². The van der Waals surface area contributed by atoms with Gasteiger partial charge in [0.1, 0.15) is 17.4 Å². The number of nitrogens with zero attached hydrogens (tertiary/aromatic N) is 3. The molecule has 9 nitrogen and oxygen atoms in total. The van der Waals surface area contributed by atoms with Gasteiger partial charge in [-0.25, -0.2) is 4.90 Å². The van der Waals surface area contributed by atoms with Crippen LogP contribution in [0.5, 0.6) is 5.75 Å². The fourth-order valence-electron chi connectivity index (χ4n) is 2.59. The average Bonchev–Trinajstić information content (AvgIpc) is 2.69. The molecule has 0 aliphatic heterocycles. The van der Waals surface area contributed by atoms with Gasteiger partial charge in [-0.1, -0.05) is 24.3 Å². The van der Waals surface area contributed by atoms with E-state index in [1.165, 1.54) is 36.4 Å². The van der Waals surface area contributed by atoms with Crippen LogP contribution in [-0.2, 0) is 11.2 Å². The molecular formula is C19H18N4O5. The molecule has 9 heteroatoms. The molecule has 0 radical (unpaired) electrons. The number of carbonyl (C=O) groups is 2. The van der Waals surface area contributed by atoms with Crippen molar-refractivity contribution in [3.63, 3.8) is 0 Å². The fraction of sp³-hybridized carbons (Fsp3) is 0.211. The third-order valence-corrected chi connectivity index (χ3v) is 4.03. The summed E-state index contributed by atoms with van der Waals surface area (Å²) in [5.74, 6) is -1.38. The number of aromatic hydroxyl groups is 1. The Labute approximate surface area is 161 Å². The molecule has 0 spiro atoms. The first-order chi connectivity index (χ1) is 13.4. The standard InChI is InChI=1S/C19H18N4O5/c1-2-22(12-20)19(26)16(11-13-7-9-14(24)10-8-13)21-18(25)15-5-3-4-6-17(15)23(27)28/h3-10,16,24H,2,11H2,1H3,(H,21,25). The minimum atomic E-state index is -1.11. The minimum absolute atomic E-state index is 0.0442. The maximum atomic E-state index is 12.7. The summed E-state index contributed by atoms with van der Waals surface area (Å²) in [4.78, 5) is 36.7. The second-order valence-electron chi connectivity index (χ2n) is 5.85. The monoisotopic (exact) mass is 382 g/mol. The van der Waals surface area contributed by atoms with Gasteiger partial charge in [-0.2, -0.15) is 5.26 Å². The quantitative estimate of drug-likeness (QED) is 0.325. The second kappa shape index (κ2) is 9.14. The number of amides is 2. The van der Waals surface area contributed by atoms with E-state index in [2.05, 4.69) is 5.32 Å². The lowest BCUT2D eigenvalue weighted by atomic mass is 10.0. The molecule has 2 aromatic carbocycles. The van der Waals surface area contributed by atoms with Crippen molar-refractivity contribution in [2.75, 3.05) is 6.54 Å². The Hall–Kier alpha value is -3.93. The highest BCUT2D eigenvalue weighted by Crippen LogP contribution is 2.18. The minimum Gasteiger partial charge on any atom is -0.508 e. The molecule has 0 bridgehead atoms. The summed E-state index contributed by atoms with van der Waals surface area (Å²) in [6, 6.07) is 10.3. The van der Waals surface area contributed by atoms with E-state index in [4.69, 9.17) is 5.26 Å². The number of likely N-dealkylation sites (N-methyl/N-ethyl adjacent to an activating group) is 1. The van der Waals surface area contributed by atoms with Crippen LogP contribution in [0.15, 0.2) is 48.5 Å². The number of nitriles is 1. The topological polar surface area (TPSA) is 137 Å². The lowest BCUT2D eigenvalue weighted by Crippen LogP contribution is -2.48. The number of nitro benzene ring substituents is 1. The van der Waals surface area contributed by atoms with Crippen LogP contribution < -0.4 is 5.32 Å². The number of rotatable bonds is 7. The molecule has 1 unspecified atom stereocenters. The van der Waals surface area contributed by atoms with Gasteiger partial charge in [0.15, 0.2) is 6.19 Å². The number of phenols is 1. The first-order valence-corrected chi connectivity index (χ1v) is 8.40. The van der Waals surface area contributed by atoms with E-state index >= 15 is 0 Å². The number of nitrogens with one attached hydrogen (secondary N) is 1. The summed E-state index contributed by atoms with van der Waals surface area (Å²) in [7, 11) is 0. The maximum absolute atomic E-state index is 12.7. The number of carbonyl (C=O) groups excluding carboxylic acids is 2. The molecule has 0 aromatic heterocycles. The average molecular weight is 382 g/mol. The van der Waals surface area contributed by atoms with Crippen molar-refractivity contribution in [3.8, 4) is 11.9 Å². The molecule has 1 atom stereocenters. The summed E-state index contributed by atoms with van der Waals surface area (Å²) in [5, 5.41) is 32.2. The molecule has 0 aliphatic rings. The summed E-state index contributed by atoms with van der Waals surface area (Å²) in [5.41, 5.74) is 0.0625. The van der Waals surface area contributed by atoms with Gasteiger partial charge < -0.3 is 10.4 Å². The smallest absolute Gasteiger partial charge is 0.282 e. The van der Waals surface area contributed by atoms with Gasteiger partial charge in [-0.15, -0.1) is 0 Å². The highest BCUT2D eigenvalue weighted by molar-refractivity contribution is 6.00. The first kappa shape index (κ1) is 20.4. The van der Waals surface area contributed by atoms with Crippen LogP contribution >= 0.6 is 0 Å². The molecule has 2 amide bonds. The third kappa shape index (κ3) is 4.82. The first-order valence-electron chi connectivity index (χ1n) is 8.40. The molecular weight excluding hydrogens is 364 g/mol. The van der Waals surface area contributed by atoms with E-state index < -0.39 is 22.8 Å². The van der Waals surface area contributed by atoms with E-state index in [-0.39, 0.29) is 30.0 Å². The molecule has 2 rings (SSSR count). The molecule has 0 saturated heterocycles. The Bertz CT molecular complexity index is 921. The van der Waals surface area contributed by atoms with Crippen LogP contribution in [-0.4, -0.2) is 39.3 Å². The zero-order valence-corrected chi connectivity index (χ0v) is 15.0. The molecule has 0 heterocycles. The van der Waals surface area contributed by atoms with E-state index in [1.54, 1.807) is 25.2 Å². The van der Waals surface area contributed by atoms with Crippen molar-refractivity contribution in [1.82, 2.24) is 10.2 Å². The number of hydrogen-bond donors (Lipinski definition) is 2. The van der Waals surface area contributed by atoms with E-state index in [0.29, 0.717) is 5.56 Å².